The highest BCUT2D eigenvalue weighted by atomic mass is 16.4. The maximum Gasteiger partial charge on any atom is 0.335 e. The van der Waals surface area contributed by atoms with Crippen molar-refractivity contribution in [3.05, 3.63) is 29.8 Å². The average molecular weight is 277 g/mol. The van der Waals surface area contributed by atoms with Crippen molar-refractivity contribution in [2.45, 2.75) is 12.5 Å². The average Bonchev–Trinajstić information content (AvgIpc) is 2.68. The second-order valence-corrected chi connectivity index (χ2v) is 4.15. The van der Waals surface area contributed by atoms with Crippen LogP contribution < -0.4 is 16.0 Å². The van der Waals surface area contributed by atoms with Crippen LogP contribution in [0.4, 0.5) is 10.5 Å². The third-order valence-electron chi connectivity index (χ3n) is 2.66. The molecule has 0 unspecified atom stereocenters. The first-order chi connectivity index (χ1) is 9.45. The Bertz CT molecular complexity index is 581. The summed E-state index contributed by atoms with van der Waals surface area (Å²) in [7, 11) is 0. The number of amides is 4. The Morgan fingerprint density at radius 3 is 2.35 bits per heavy atom. The first-order valence-corrected chi connectivity index (χ1v) is 5.70. The Morgan fingerprint density at radius 2 is 1.85 bits per heavy atom. The maximum atomic E-state index is 11.7. The number of carbonyl (C=O) groups excluding carboxylic acids is 3. The lowest BCUT2D eigenvalue weighted by Crippen LogP contribution is -2.33. The van der Waals surface area contributed by atoms with Gasteiger partial charge in [0.05, 0.1) is 12.0 Å². The minimum atomic E-state index is -1.06. The summed E-state index contributed by atoms with van der Waals surface area (Å²) in [5, 5.41) is 15.6. The summed E-state index contributed by atoms with van der Waals surface area (Å²) in [4.78, 5) is 44.5. The molecule has 2 rings (SSSR count). The summed E-state index contributed by atoms with van der Waals surface area (Å²) >= 11 is 0. The van der Waals surface area contributed by atoms with E-state index in [2.05, 4.69) is 10.6 Å². The van der Waals surface area contributed by atoms with Crippen LogP contribution in [0.1, 0.15) is 16.8 Å². The van der Waals surface area contributed by atoms with Gasteiger partial charge in [0.25, 0.3) is 5.91 Å². The molecule has 1 heterocycles. The molecular formula is C12H11N3O5. The predicted molar refractivity (Wildman–Crippen MR) is 67.1 cm³/mol. The van der Waals surface area contributed by atoms with Crippen LogP contribution in [-0.4, -0.2) is 35.0 Å². The van der Waals surface area contributed by atoms with Crippen LogP contribution >= 0.6 is 0 Å². The molecule has 104 valence electrons. The predicted octanol–water partition coefficient (Wildman–Crippen LogP) is -0.0786. The van der Waals surface area contributed by atoms with Crippen molar-refractivity contribution in [1.82, 2.24) is 10.6 Å². The fourth-order valence-electron chi connectivity index (χ4n) is 1.70. The highest BCUT2D eigenvalue weighted by Gasteiger charge is 2.31. The molecule has 0 aromatic heterocycles. The number of aromatic carboxylic acids is 1. The number of imide groups is 1. The van der Waals surface area contributed by atoms with Crippen molar-refractivity contribution in [2.75, 3.05) is 5.32 Å². The number of carbonyl (C=O) groups is 4. The summed E-state index contributed by atoms with van der Waals surface area (Å²) in [5.41, 5.74) is 0.509. The van der Waals surface area contributed by atoms with Crippen LogP contribution in [0, 0.1) is 0 Å². The van der Waals surface area contributed by atoms with E-state index < -0.39 is 29.9 Å². The number of carboxylic acid groups (broad SMARTS) is 1. The quantitative estimate of drug-likeness (QED) is 0.573. The summed E-state index contributed by atoms with van der Waals surface area (Å²) in [5.74, 6) is -2.07. The van der Waals surface area contributed by atoms with Crippen LogP contribution in [-0.2, 0) is 9.59 Å². The molecular weight excluding hydrogens is 266 g/mol. The SMILES string of the molecule is O=C(C[C@H]1NC(=O)NC1=O)Nc1ccc(C(=O)O)cc1. The number of hydrogen-bond donors (Lipinski definition) is 4. The van der Waals surface area contributed by atoms with Gasteiger partial charge in [-0.2, -0.15) is 0 Å². The van der Waals surface area contributed by atoms with E-state index in [1.165, 1.54) is 24.3 Å². The fraction of sp³-hybridized carbons (Fsp3) is 0.167. The van der Waals surface area contributed by atoms with Gasteiger partial charge in [-0.3, -0.25) is 14.9 Å². The van der Waals surface area contributed by atoms with Gasteiger partial charge in [-0.05, 0) is 24.3 Å². The number of carboxylic acids is 1. The van der Waals surface area contributed by atoms with E-state index in [1.54, 1.807) is 0 Å². The standard InChI is InChI=1S/C12H11N3O5/c16-9(5-8-10(17)15-12(20)14-8)13-7-3-1-6(2-4-7)11(18)19/h1-4,8H,5H2,(H,13,16)(H,18,19)(H2,14,15,17,20)/t8-/m1/s1. The van der Waals surface area contributed by atoms with Crippen molar-refractivity contribution < 1.29 is 24.3 Å². The van der Waals surface area contributed by atoms with Gasteiger partial charge in [0, 0.05) is 5.69 Å². The second kappa shape index (κ2) is 5.39. The number of hydrogen-bond acceptors (Lipinski definition) is 4. The van der Waals surface area contributed by atoms with Crippen molar-refractivity contribution in [3.63, 3.8) is 0 Å². The van der Waals surface area contributed by atoms with E-state index in [9.17, 15) is 19.2 Å². The first-order valence-electron chi connectivity index (χ1n) is 5.70. The molecule has 0 spiro atoms. The van der Waals surface area contributed by atoms with Crippen LogP contribution in [0.3, 0.4) is 0 Å². The lowest BCUT2D eigenvalue weighted by atomic mass is 10.2. The number of rotatable bonds is 4. The molecule has 4 amide bonds. The van der Waals surface area contributed by atoms with E-state index in [1.807, 2.05) is 5.32 Å². The van der Waals surface area contributed by atoms with Gasteiger partial charge < -0.3 is 15.7 Å². The first kappa shape index (κ1) is 13.5. The zero-order chi connectivity index (χ0) is 14.7. The largest absolute Gasteiger partial charge is 0.478 e. The van der Waals surface area contributed by atoms with Crippen LogP contribution in [0.5, 0.6) is 0 Å². The topological polar surface area (TPSA) is 125 Å². The van der Waals surface area contributed by atoms with Crippen LogP contribution in [0.15, 0.2) is 24.3 Å². The summed E-state index contributed by atoms with van der Waals surface area (Å²) in [6.07, 6.45) is -0.196. The number of anilines is 1. The molecule has 0 bridgehead atoms. The molecule has 1 aliphatic rings. The molecule has 8 nitrogen and oxygen atoms in total. The van der Waals surface area contributed by atoms with Crippen molar-refractivity contribution in [1.29, 1.82) is 0 Å². The Kier molecular flexibility index (Phi) is 3.65. The maximum absolute atomic E-state index is 11.7. The van der Waals surface area contributed by atoms with Crippen molar-refractivity contribution >= 4 is 29.5 Å². The van der Waals surface area contributed by atoms with Crippen molar-refractivity contribution in [3.8, 4) is 0 Å². The normalized spacial score (nSPS) is 17.3. The number of urea groups is 1. The minimum absolute atomic E-state index is 0.102. The number of benzene rings is 1. The molecule has 1 fully saturated rings. The summed E-state index contributed by atoms with van der Waals surface area (Å²) < 4.78 is 0. The van der Waals surface area contributed by atoms with E-state index >= 15 is 0 Å². The van der Waals surface area contributed by atoms with Gasteiger partial charge in [0.1, 0.15) is 6.04 Å². The molecule has 0 aliphatic carbocycles. The molecule has 4 N–H and O–H groups in total. The van der Waals surface area contributed by atoms with Gasteiger partial charge in [0.15, 0.2) is 0 Å². The zero-order valence-electron chi connectivity index (χ0n) is 10.2. The summed E-state index contributed by atoms with van der Waals surface area (Å²) in [6.45, 7) is 0. The van der Waals surface area contributed by atoms with Gasteiger partial charge >= 0.3 is 12.0 Å². The van der Waals surface area contributed by atoms with Gasteiger partial charge in [-0.15, -0.1) is 0 Å². The third-order valence-corrected chi connectivity index (χ3v) is 2.66. The fourth-order valence-corrected chi connectivity index (χ4v) is 1.70. The smallest absolute Gasteiger partial charge is 0.335 e. The molecule has 1 aromatic carbocycles. The monoisotopic (exact) mass is 277 g/mol. The Morgan fingerprint density at radius 1 is 1.20 bits per heavy atom. The van der Waals surface area contributed by atoms with E-state index in [0.717, 1.165) is 0 Å². The molecule has 1 atom stereocenters. The van der Waals surface area contributed by atoms with E-state index in [4.69, 9.17) is 5.11 Å². The molecule has 0 saturated carbocycles. The highest BCUT2D eigenvalue weighted by molar-refractivity contribution is 6.06. The van der Waals surface area contributed by atoms with Crippen LogP contribution in [0.25, 0.3) is 0 Å². The Balaban J connectivity index is 1.93. The zero-order valence-corrected chi connectivity index (χ0v) is 10.2. The lowest BCUT2D eigenvalue weighted by molar-refractivity contribution is -0.124. The van der Waals surface area contributed by atoms with Gasteiger partial charge in [-0.1, -0.05) is 0 Å². The van der Waals surface area contributed by atoms with Gasteiger partial charge in [0.2, 0.25) is 5.91 Å². The summed E-state index contributed by atoms with van der Waals surface area (Å²) in [6, 6.07) is 4.06. The molecule has 1 aromatic rings. The molecule has 0 radical (unpaired) electrons. The molecule has 1 saturated heterocycles. The molecule has 8 heteroatoms. The van der Waals surface area contributed by atoms with E-state index in [0.29, 0.717) is 5.69 Å². The molecule has 1 aliphatic heterocycles. The number of nitrogens with one attached hydrogen (secondary N) is 3. The minimum Gasteiger partial charge on any atom is -0.478 e. The lowest BCUT2D eigenvalue weighted by Gasteiger charge is -2.08. The third kappa shape index (κ3) is 3.10. The van der Waals surface area contributed by atoms with Gasteiger partial charge in [-0.25, -0.2) is 9.59 Å². The van der Waals surface area contributed by atoms with Crippen LogP contribution in [0.2, 0.25) is 0 Å². The Hall–Kier alpha value is -2.90. The highest BCUT2D eigenvalue weighted by Crippen LogP contribution is 2.10. The Labute approximate surface area is 113 Å². The van der Waals surface area contributed by atoms with Crippen molar-refractivity contribution in [2.24, 2.45) is 0 Å². The van der Waals surface area contributed by atoms with E-state index in [-0.39, 0.29) is 12.0 Å². The second-order valence-electron chi connectivity index (χ2n) is 4.15. The molecule has 20 heavy (non-hydrogen) atoms.